The molecule has 0 atom stereocenters. The van der Waals surface area contributed by atoms with E-state index in [1.54, 1.807) is 0 Å². The first kappa shape index (κ1) is 17.4. The number of esters is 1. The van der Waals surface area contributed by atoms with Crippen molar-refractivity contribution in [1.29, 1.82) is 0 Å². The second-order valence-electron chi connectivity index (χ2n) is 4.40. The first-order valence-corrected chi connectivity index (χ1v) is 7.83. The highest BCUT2D eigenvalue weighted by atomic mass is 32.2. The topological polar surface area (TPSA) is 161 Å². The first-order chi connectivity index (χ1) is 11.4. The Balaban J connectivity index is 2.47. The number of H-pyrrole nitrogens is 1. The van der Waals surface area contributed by atoms with Crippen LogP contribution in [0.3, 0.4) is 0 Å². The largest absolute Gasteiger partial charge is 0.468 e. The van der Waals surface area contributed by atoms with Gasteiger partial charge in [0.15, 0.2) is 10.7 Å². The van der Waals surface area contributed by atoms with Crippen molar-refractivity contribution in [2.24, 2.45) is 0 Å². The zero-order chi connectivity index (χ0) is 17.7. The summed E-state index contributed by atoms with van der Waals surface area (Å²) in [6, 6.07) is 4.80. The van der Waals surface area contributed by atoms with Gasteiger partial charge in [-0.25, -0.2) is 8.42 Å². The summed E-state index contributed by atoms with van der Waals surface area (Å²) in [4.78, 5) is 21.2. The molecule has 0 aliphatic heterocycles. The summed E-state index contributed by atoms with van der Waals surface area (Å²) in [6.45, 7) is -1.08. The number of nitro groups is 1. The molecular weight excluding hydrogens is 344 g/mol. The summed E-state index contributed by atoms with van der Waals surface area (Å²) in [5, 5.41) is 23.7. The van der Waals surface area contributed by atoms with Crippen molar-refractivity contribution in [2.45, 2.75) is 11.4 Å². The van der Waals surface area contributed by atoms with Crippen molar-refractivity contribution in [3.05, 3.63) is 40.2 Å². The number of carbonyl (C=O) groups excluding carboxylic acids is 1. The Hall–Kier alpha value is -2.93. The molecule has 2 aromatic rings. The zero-order valence-electron chi connectivity index (χ0n) is 12.3. The molecule has 1 heterocycles. The van der Waals surface area contributed by atoms with E-state index in [-0.39, 0.29) is 5.82 Å². The number of hydrogen-bond acceptors (Lipinski definition) is 9. The molecule has 2 rings (SSSR count). The van der Waals surface area contributed by atoms with Crippen LogP contribution in [-0.2, 0) is 26.1 Å². The highest BCUT2D eigenvalue weighted by molar-refractivity contribution is 7.89. The van der Waals surface area contributed by atoms with E-state index in [1.807, 2.05) is 0 Å². The molecule has 0 saturated heterocycles. The lowest BCUT2D eigenvalue weighted by molar-refractivity contribution is -0.387. The Morgan fingerprint density at radius 3 is 2.71 bits per heavy atom. The Morgan fingerprint density at radius 2 is 2.12 bits per heavy atom. The van der Waals surface area contributed by atoms with Gasteiger partial charge in [-0.05, 0) is 6.07 Å². The predicted octanol–water partition coefficient (Wildman–Crippen LogP) is -0.528. The van der Waals surface area contributed by atoms with Crippen molar-refractivity contribution >= 4 is 21.7 Å². The normalized spacial score (nSPS) is 11.4. The molecule has 0 spiro atoms. The van der Waals surface area contributed by atoms with E-state index in [1.165, 1.54) is 12.1 Å². The van der Waals surface area contributed by atoms with Crippen molar-refractivity contribution in [3.63, 3.8) is 0 Å². The summed E-state index contributed by atoms with van der Waals surface area (Å²) in [5.74, 6) is -0.860. The van der Waals surface area contributed by atoms with Crippen LogP contribution in [0.4, 0.5) is 5.69 Å². The van der Waals surface area contributed by atoms with Crippen molar-refractivity contribution in [3.8, 4) is 0 Å². The molecule has 12 nitrogen and oxygen atoms in total. The molecular formula is C11H12N6O6S. The molecule has 0 aliphatic carbocycles. The van der Waals surface area contributed by atoms with Crippen LogP contribution >= 0.6 is 0 Å². The van der Waals surface area contributed by atoms with Gasteiger partial charge >= 0.3 is 5.97 Å². The van der Waals surface area contributed by atoms with E-state index in [4.69, 9.17) is 0 Å². The number of methoxy groups -OCH3 is 1. The van der Waals surface area contributed by atoms with Crippen LogP contribution in [-0.4, -0.2) is 57.9 Å². The fourth-order valence-corrected chi connectivity index (χ4v) is 3.30. The number of benzene rings is 1. The van der Waals surface area contributed by atoms with Gasteiger partial charge in [0.25, 0.3) is 15.7 Å². The molecule has 0 unspecified atom stereocenters. The molecule has 0 radical (unpaired) electrons. The zero-order valence-corrected chi connectivity index (χ0v) is 13.1. The maximum Gasteiger partial charge on any atom is 0.321 e. The number of nitrogens with one attached hydrogen (secondary N) is 1. The smallest absolute Gasteiger partial charge is 0.321 e. The van der Waals surface area contributed by atoms with Gasteiger partial charge in [-0.2, -0.15) is 9.52 Å². The Bertz CT molecular complexity index is 836. The van der Waals surface area contributed by atoms with Gasteiger partial charge in [-0.3, -0.25) is 14.9 Å². The van der Waals surface area contributed by atoms with Crippen LogP contribution in [0.25, 0.3) is 0 Å². The predicted molar refractivity (Wildman–Crippen MR) is 76.9 cm³/mol. The number of nitrogens with zero attached hydrogens (tertiary/aromatic N) is 5. The van der Waals surface area contributed by atoms with E-state index in [0.29, 0.717) is 4.31 Å². The standard InChI is InChI=1S/C11H12N6O6S/c1-23-11(18)7-16(6-10-12-14-15-13-10)24(21,22)9-5-3-2-4-8(9)17(19)20/h2-5H,6-7H2,1H3,(H,12,13,14,15). The molecule has 0 aliphatic rings. The van der Waals surface area contributed by atoms with Crippen molar-refractivity contribution in [1.82, 2.24) is 24.9 Å². The van der Waals surface area contributed by atoms with Crippen LogP contribution in [0.5, 0.6) is 0 Å². The minimum absolute atomic E-state index is 0.0129. The Kier molecular flexibility index (Phi) is 5.15. The maximum absolute atomic E-state index is 12.8. The molecule has 0 amide bonds. The van der Waals surface area contributed by atoms with E-state index in [9.17, 15) is 23.3 Å². The fourth-order valence-electron chi connectivity index (χ4n) is 1.81. The minimum atomic E-state index is -4.39. The minimum Gasteiger partial charge on any atom is -0.468 e. The van der Waals surface area contributed by atoms with Crippen LogP contribution < -0.4 is 0 Å². The third-order valence-electron chi connectivity index (χ3n) is 2.92. The van der Waals surface area contributed by atoms with Gasteiger partial charge in [0.2, 0.25) is 0 Å². The van der Waals surface area contributed by atoms with Crippen molar-refractivity contribution < 1.29 is 22.9 Å². The summed E-state index contributed by atoms with van der Waals surface area (Å²) in [5.41, 5.74) is -0.611. The van der Waals surface area contributed by atoms with Gasteiger partial charge in [0, 0.05) is 6.07 Å². The number of aromatic amines is 1. The third-order valence-corrected chi connectivity index (χ3v) is 4.76. The number of tetrazole rings is 1. The van der Waals surface area contributed by atoms with E-state index in [0.717, 1.165) is 19.2 Å². The quantitative estimate of drug-likeness (QED) is 0.390. The molecule has 0 bridgehead atoms. The fraction of sp³-hybridized carbons (Fsp3) is 0.273. The molecule has 24 heavy (non-hydrogen) atoms. The number of aromatic nitrogens is 4. The highest BCUT2D eigenvalue weighted by Crippen LogP contribution is 2.26. The van der Waals surface area contributed by atoms with Crippen molar-refractivity contribution in [2.75, 3.05) is 13.7 Å². The number of sulfonamides is 1. The summed E-state index contributed by atoms with van der Waals surface area (Å²) in [6.07, 6.45) is 0. The monoisotopic (exact) mass is 356 g/mol. The average Bonchev–Trinajstić information content (AvgIpc) is 3.07. The number of carbonyl (C=O) groups is 1. The third kappa shape index (κ3) is 3.69. The summed E-state index contributed by atoms with van der Waals surface area (Å²) >= 11 is 0. The molecule has 1 aromatic carbocycles. The van der Waals surface area contributed by atoms with Crippen LogP contribution in [0.1, 0.15) is 5.82 Å². The Labute approximate surface area is 135 Å². The van der Waals surface area contributed by atoms with Crippen LogP contribution in [0.15, 0.2) is 29.2 Å². The Morgan fingerprint density at radius 1 is 1.42 bits per heavy atom. The van der Waals surface area contributed by atoms with Crippen LogP contribution in [0, 0.1) is 10.1 Å². The lowest BCUT2D eigenvalue weighted by Gasteiger charge is -2.19. The number of hydrogen-bond donors (Lipinski definition) is 1. The molecule has 0 fully saturated rings. The average molecular weight is 356 g/mol. The molecule has 128 valence electrons. The second kappa shape index (κ2) is 7.10. The number of nitro benzene ring substituents is 1. The lowest BCUT2D eigenvalue weighted by atomic mass is 10.3. The van der Waals surface area contributed by atoms with Crippen LogP contribution in [0.2, 0.25) is 0 Å². The van der Waals surface area contributed by atoms with Gasteiger partial charge in [0.1, 0.15) is 6.54 Å². The van der Waals surface area contributed by atoms with E-state index < -0.39 is 44.6 Å². The van der Waals surface area contributed by atoms with E-state index in [2.05, 4.69) is 25.4 Å². The highest BCUT2D eigenvalue weighted by Gasteiger charge is 2.33. The number of rotatable bonds is 7. The van der Waals surface area contributed by atoms with Gasteiger partial charge in [-0.15, -0.1) is 10.2 Å². The maximum atomic E-state index is 12.8. The summed E-state index contributed by atoms with van der Waals surface area (Å²) in [7, 11) is -3.30. The number of ether oxygens (including phenoxy) is 1. The van der Waals surface area contributed by atoms with E-state index >= 15 is 0 Å². The molecule has 1 aromatic heterocycles. The second-order valence-corrected chi connectivity index (χ2v) is 6.31. The first-order valence-electron chi connectivity index (χ1n) is 6.39. The van der Waals surface area contributed by atoms with Gasteiger partial charge in [0.05, 0.1) is 18.6 Å². The molecule has 1 N–H and O–H groups in total. The van der Waals surface area contributed by atoms with Gasteiger partial charge in [-0.1, -0.05) is 17.3 Å². The van der Waals surface area contributed by atoms with Gasteiger partial charge < -0.3 is 4.74 Å². The summed E-state index contributed by atoms with van der Waals surface area (Å²) < 4.78 is 30.7. The number of para-hydroxylation sites is 1. The molecule has 0 saturated carbocycles. The SMILES string of the molecule is COC(=O)CN(Cc1nn[nH]n1)S(=O)(=O)c1ccccc1[N+](=O)[O-]. The lowest BCUT2D eigenvalue weighted by Crippen LogP contribution is -2.36. The molecule has 13 heteroatoms.